The molecule has 1 aliphatic rings. The molecule has 13 heavy (non-hydrogen) atoms. The van der Waals surface area contributed by atoms with Crippen molar-refractivity contribution in [2.24, 2.45) is 0 Å². The van der Waals surface area contributed by atoms with Crippen LogP contribution in [-0.4, -0.2) is 7.05 Å². The summed E-state index contributed by atoms with van der Waals surface area (Å²) in [5, 5.41) is 3.00. The topological polar surface area (TPSA) is 12.0 Å². The first-order valence-electron chi connectivity index (χ1n) is 4.63. The Morgan fingerprint density at radius 1 is 1.31 bits per heavy atom. The van der Waals surface area contributed by atoms with E-state index >= 15 is 0 Å². The van der Waals surface area contributed by atoms with Crippen molar-refractivity contribution in [2.75, 3.05) is 7.05 Å². The molecular formula is C12H17N. The third-order valence-electron chi connectivity index (χ3n) is 1.89. The third kappa shape index (κ3) is 3.79. The van der Waals surface area contributed by atoms with Crippen LogP contribution in [0.2, 0.25) is 0 Å². The molecule has 1 saturated carbocycles. The van der Waals surface area contributed by atoms with Crippen molar-refractivity contribution in [1.82, 2.24) is 5.32 Å². The second kappa shape index (κ2) is 4.70. The molecule has 70 valence electrons. The molecular weight excluding hydrogens is 158 g/mol. The van der Waals surface area contributed by atoms with E-state index in [1.165, 1.54) is 18.4 Å². The van der Waals surface area contributed by atoms with Crippen LogP contribution in [0, 0.1) is 0 Å². The average Bonchev–Trinajstić information content (AvgIpc) is 2.87. The summed E-state index contributed by atoms with van der Waals surface area (Å²) in [5.74, 6) is 0. The van der Waals surface area contributed by atoms with Gasteiger partial charge in [-0.1, -0.05) is 29.9 Å². The van der Waals surface area contributed by atoms with Crippen LogP contribution in [0.3, 0.4) is 0 Å². The van der Waals surface area contributed by atoms with Gasteiger partial charge in [-0.3, -0.25) is 0 Å². The number of hydrogen-bond acceptors (Lipinski definition) is 1. The Balaban J connectivity index is 2.65. The van der Waals surface area contributed by atoms with Gasteiger partial charge >= 0.3 is 0 Å². The number of rotatable bonds is 4. The first-order valence-corrected chi connectivity index (χ1v) is 4.63. The SMILES string of the molecule is C=C(C)/C=C\C(/C=C\NC)=C1CC1. The molecule has 0 radical (unpaired) electrons. The Hall–Kier alpha value is -1.24. The van der Waals surface area contributed by atoms with Gasteiger partial charge < -0.3 is 5.32 Å². The molecule has 0 aromatic rings. The Kier molecular flexibility index (Phi) is 3.56. The minimum absolute atomic E-state index is 1.09. The van der Waals surface area contributed by atoms with Crippen LogP contribution in [0.5, 0.6) is 0 Å². The van der Waals surface area contributed by atoms with E-state index in [1.54, 1.807) is 5.57 Å². The lowest BCUT2D eigenvalue weighted by atomic mass is 10.2. The first kappa shape index (κ1) is 9.85. The van der Waals surface area contributed by atoms with Gasteiger partial charge in [0.2, 0.25) is 0 Å². The second-order valence-corrected chi connectivity index (χ2v) is 3.36. The lowest BCUT2D eigenvalue weighted by Crippen LogP contribution is -1.91. The monoisotopic (exact) mass is 175 g/mol. The molecule has 1 nitrogen and oxygen atoms in total. The van der Waals surface area contributed by atoms with Gasteiger partial charge in [-0.25, -0.2) is 0 Å². The van der Waals surface area contributed by atoms with Gasteiger partial charge in [0.1, 0.15) is 0 Å². The van der Waals surface area contributed by atoms with E-state index in [2.05, 4.69) is 30.1 Å². The number of nitrogens with one attached hydrogen (secondary N) is 1. The minimum Gasteiger partial charge on any atom is -0.394 e. The molecule has 1 N–H and O–H groups in total. The van der Waals surface area contributed by atoms with Crippen LogP contribution >= 0.6 is 0 Å². The van der Waals surface area contributed by atoms with Crippen molar-refractivity contribution in [3.63, 3.8) is 0 Å². The van der Waals surface area contributed by atoms with Crippen LogP contribution in [0.4, 0.5) is 0 Å². The van der Waals surface area contributed by atoms with Crippen molar-refractivity contribution in [3.8, 4) is 0 Å². The highest BCUT2D eigenvalue weighted by atomic mass is 14.8. The quantitative estimate of drug-likeness (QED) is 0.648. The van der Waals surface area contributed by atoms with Crippen molar-refractivity contribution in [1.29, 1.82) is 0 Å². The summed E-state index contributed by atoms with van der Waals surface area (Å²) >= 11 is 0. The molecule has 1 rings (SSSR count). The second-order valence-electron chi connectivity index (χ2n) is 3.36. The zero-order valence-corrected chi connectivity index (χ0v) is 8.43. The fourth-order valence-electron chi connectivity index (χ4n) is 1.05. The van der Waals surface area contributed by atoms with Crippen LogP contribution in [-0.2, 0) is 0 Å². The van der Waals surface area contributed by atoms with Gasteiger partial charge in [0, 0.05) is 7.05 Å². The fourth-order valence-corrected chi connectivity index (χ4v) is 1.05. The largest absolute Gasteiger partial charge is 0.394 e. The highest BCUT2D eigenvalue weighted by Crippen LogP contribution is 2.32. The van der Waals surface area contributed by atoms with E-state index in [9.17, 15) is 0 Å². The lowest BCUT2D eigenvalue weighted by Gasteiger charge is -1.93. The highest BCUT2D eigenvalue weighted by Gasteiger charge is 2.13. The first-order chi connectivity index (χ1) is 6.24. The maximum Gasteiger partial charge on any atom is 0.00277 e. The van der Waals surface area contributed by atoms with E-state index < -0.39 is 0 Å². The summed E-state index contributed by atoms with van der Waals surface area (Å²) in [5.41, 5.74) is 3.97. The van der Waals surface area contributed by atoms with Gasteiger partial charge in [-0.2, -0.15) is 0 Å². The Labute approximate surface area is 80.5 Å². The number of allylic oxidation sites excluding steroid dienone is 6. The van der Waals surface area contributed by atoms with E-state index in [0.29, 0.717) is 0 Å². The molecule has 0 spiro atoms. The van der Waals surface area contributed by atoms with Gasteiger partial charge in [0.25, 0.3) is 0 Å². The summed E-state index contributed by atoms with van der Waals surface area (Å²) in [7, 11) is 1.91. The molecule has 1 fully saturated rings. The van der Waals surface area contributed by atoms with Gasteiger partial charge in [0.15, 0.2) is 0 Å². The van der Waals surface area contributed by atoms with Crippen molar-refractivity contribution >= 4 is 0 Å². The summed E-state index contributed by atoms with van der Waals surface area (Å²) in [6.45, 7) is 5.85. The molecule has 0 atom stereocenters. The molecule has 0 aliphatic heterocycles. The van der Waals surface area contributed by atoms with Crippen molar-refractivity contribution in [3.05, 3.63) is 47.7 Å². The smallest absolute Gasteiger partial charge is 0.00277 e. The molecule has 0 aromatic carbocycles. The highest BCUT2D eigenvalue weighted by molar-refractivity contribution is 5.42. The number of hydrogen-bond donors (Lipinski definition) is 1. The summed E-state index contributed by atoms with van der Waals surface area (Å²) in [6, 6.07) is 0. The van der Waals surface area contributed by atoms with Crippen molar-refractivity contribution in [2.45, 2.75) is 19.8 Å². The minimum atomic E-state index is 1.09. The van der Waals surface area contributed by atoms with E-state index in [-0.39, 0.29) is 0 Å². The van der Waals surface area contributed by atoms with Crippen molar-refractivity contribution < 1.29 is 0 Å². The van der Waals surface area contributed by atoms with Crippen LogP contribution in [0.15, 0.2) is 47.7 Å². The van der Waals surface area contributed by atoms with Crippen LogP contribution < -0.4 is 5.32 Å². The standard InChI is InChI=1S/C12H17N/c1-10(2)4-5-12(8-9-13-3)11-6-7-11/h4-5,8-9,13H,1,6-7H2,2-3H3/b5-4-,9-8-. The zero-order valence-electron chi connectivity index (χ0n) is 8.43. The summed E-state index contributed by atoms with van der Waals surface area (Å²) < 4.78 is 0. The molecule has 0 amide bonds. The van der Waals surface area contributed by atoms with Crippen LogP contribution in [0.25, 0.3) is 0 Å². The van der Waals surface area contributed by atoms with Crippen LogP contribution in [0.1, 0.15) is 19.8 Å². The summed E-state index contributed by atoms with van der Waals surface area (Å²) in [6.07, 6.45) is 10.8. The maximum absolute atomic E-state index is 3.84. The van der Waals surface area contributed by atoms with E-state index in [0.717, 1.165) is 5.57 Å². The Bertz CT molecular complexity index is 273. The third-order valence-corrected chi connectivity index (χ3v) is 1.89. The predicted octanol–water partition coefficient (Wildman–Crippen LogP) is 2.94. The van der Waals surface area contributed by atoms with Gasteiger partial charge in [-0.05, 0) is 37.6 Å². The van der Waals surface area contributed by atoms with E-state index in [1.807, 2.05) is 20.2 Å². The van der Waals surface area contributed by atoms with Gasteiger partial charge in [0.05, 0.1) is 0 Å². The normalized spacial score (nSPS) is 15.4. The molecule has 1 aliphatic carbocycles. The molecule has 0 bridgehead atoms. The average molecular weight is 175 g/mol. The Morgan fingerprint density at radius 2 is 2.00 bits per heavy atom. The predicted molar refractivity (Wildman–Crippen MR) is 58.4 cm³/mol. The molecule has 1 heteroatoms. The van der Waals surface area contributed by atoms with Gasteiger partial charge in [-0.15, -0.1) is 0 Å². The fraction of sp³-hybridized carbons (Fsp3) is 0.333. The Morgan fingerprint density at radius 3 is 2.46 bits per heavy atom. The maximum atomic E-state index is 3.84. The molecule has 0 heterocycles. The lowest BCUT2D eigenvalue weighted by molar-refractivity contribution is 1.10. The van der Waals surface area contributed by atoms with E-state index in [4.69, 9.17) is 0 Å². The molecule has 0 aromatic heterocycles. The zero-order chi connectivity index (χ0) is 9.68. The molecule has 0 saturated heterocycles. The molecule has 0 unspecified atom stereocenters. The summed E-state index contributed by atoms with van der Waals surface area (Å²) in [4.78, 5) is 0.